The van der Waals surface area contributed by atoms with Crippen molar-refractivity contribution in [2.45, 2.75) is 38.6 Å². The van der Waals surface area contributed by atoms with Gasteiger partial charge in [-0.25, -0.2) is 0 Å². The molecule has 0 spiro atoms. The Balaban J connectivity index is 2.25. The van der Waals surface area contributed by atoms with Gasteiger partial charge in [0.25, 0.3) is 0 Å². The molecule has 3 atom stereocenters. The maximum atomic E-state index is 11.9. The Bertz CT molecular complexity index is 328. The average Bonchev–Trinajstić information content (AvgIpc) is 2.52. The standard InChI is InChI=1S/C11H15NO4/c1-6(11(15)16)12-9(13)7-4-2-3-5-8(7)10(12)14/h6-8H,2-5H2,1H3,(H,15,16)/p-1/t6-,7-,8+/m0/s1. The number of likely N-dealkylation sites (tertiary alicyclic amines) is 1. The monoisotopic (exact) mass is 224 g/mol. The zero-order valence-corrected chi connectivity index (χ0v) is 9.14. The predicted octanol–water partition coefficient (Wildman–Crippen LogP) is -0.700. The van der Waals surface area contributed by atoms with Crippen molar-refractivity contribution in [2.24, 2.45) is 11.8 Å². The summed E-state index contributed by atoms with van der Waals surface area (Å²) in [5.74, 6) is -2.61. The molecule has 0 N–H and O–H groups in total. The number of carbonyl (C=O) groups is 3. The van der Waals surface area contributed by atoms with Gasteiger partial charge in [0.05, 0.1) is 23.8 Å². The molecule has 0 unspecified atom stereocenters. The number of amides is 2. The molecule has 2 fully saturated rings. The van der Waals surface area contributed by atoms with Crippen molar-refractivity contribution >= 4 is 17.8 Å². The molecule has 1 aliphatic carbocycles. The Morgan fingerprint density at radius 3 is 2.06 bits per heavy atom. The topological polar surface area (TPSA) is 77.5 Å². The van der Waals surface area contributed by atoms with E-state index in [-0.39, 0.29) is 23.7 Å². The summed E-state index contributed by atoms with van der Waals surface area (Å²) in [6.07, 6.45) is 3.28. The highest BCUT2D eigenvalue weighted by Gasteiger charge is 2.49. The fourth-order valence-corrected chi connectivity index (χ4v) is 2.68. The molecule has 5 nitrogen and oxygen atoms in total. The van der Waals surface area contributed by atoms with Crippen molar-refractivity contribution in [3.8, 4) is 0 Å². The van der Waals surface area contributed by atoms with Gasteiger partial charge in [0.2, 0.25) is 11.8 Å². The molecule has 0 aromatic carbocycles. The molecule has 1 aliphatic heterocycles. The van der Waals surface area contributed by atoms with E-state index in [1.807, 2.05) is 0 Å². The van der Waals surface area contributed by atoms with Crippen LogP contribution < -0.4 is 5.11 Å². The van der Waals surface area contributed by atoms with Crippen LogP contribution >= 0.6 is 0 Å². The lowest BCUT2D eigenvalue weighted by Gasteiger charge is -2.23. The smallest absolute Gasteiger partial charge is 0.233 e. The molecule has 2 rings (SSSR count). The number of hydrogen-bond donors (Lipinski definition) is 0. The van der Waals surface area contributed by atoms with Crippen molar-refractivity contribution in [2.75, 3.05) is 0 Å². The molecule has 1 heterocycles. The van der Waals surface area contributed by atoms with Crippen molar-refractivity contribution in [1.29, 1.82) is 0 Å². The quantitative estimate of drug-likeness (QED) is 0.581. The van der Waals surface area contributed by atoms with Crippen LogP contribution in [0.1, 0.15) is 32.6 Å². The molecule has 0 bridgehead atoms. The number of carboxylic acids is 1. The van der Waals surface area contributed by atoms with Crippen molar-refractivity contribution in [1.82, 2.24) is 4.90 Å². The van der Waals surface area contributed by atoms with Gasteiger partial charge in [-0.1, -0.05) is 12.8 Å². The molecule has 1 saturated heterocycles. The molecule has 0 radical (unpaired) electrons. The Labute approximate surface area is 93.4 Å². The second kappa shape index (κ2) is 3.88. The van der Waals surface area contributed by atoms with E-state index in [9.17, 15) is 19.5 Å². The minimum absolute atomic E-state index is 0.289. The summed E-state index contributed by atoms with van der Waals surface area (Å²) < 4.78 is 0. The number of carboxylic acid groups (broad SMARTS) is 1. The van der Waals surface area contributed by atoms with Gasteiger partial charge >= 0.3 is 0 Å². The lowest BCUT2D eigenvalue weighted by molar-refractivity contribution is -0.310. The van der Waals surface area contributed by atoms with Gasteiger partial charge in [-0.15, -0.1) is 0 Å². The normalized spacial score (nSPS) is 31.4. The fraction of sp³-hybridized carbons (Fsp3) is 0.727. The van der Waals surface area contributed by atoms with Crippen LogP contribution in [0.2, 0.25) is 0 Å². The largest absolute Gasteiger partial charge is 0.548 e. The van der Waals surface area contributed by atoms with E-state index in [1.54, 1.807) is 0 Å². The van der Waals surface area contributed by atoms with E-state index in [4.69, 9.17) is 0 Å². The van der Waals surface area contributed by atoms with Crippen molar-refractivity contribution < 1.29 is 19.5 Å². The average molecular weight is 224 g/mol. The van der Waals surface area contributed by atoms with E-state index >= 15 is 0 Å². The van der Waals surface area contributed by atoms with Gasteiger partial charge in [-0.05, 0) is 19.8 Å². The van der Waals surface area contributed by atoms with Gasteiger partial charge in [0.15, 0.2) is 0 Å². The first-order valence-electron chi connectivity index (χ1n) is 5.62. The number of rotatable bonds is 2. The van der Waals surface area contributed by atoms with Crippen LogP contribution in [0.3, 0.4) is 0 Å². The Morgan fingerprint density at radius 1 is 1.25 bits per heavy atom. The summed E-state index contributed by atoms with van der Waals surface area (Å²) in [7, 11) is 0. The third-order valence-electron chi connectivity index (χ3n) is 3.60. The summed E-state index contributed by atoms with van der Waals surface area (Å²) in [5, 5.41) is 10.7. The number of hydrogen-bond acceptors (Lipinski definition) is 4. The van der Waals surface area contributed by atoms with Crippen molar-refractivity contribution in [3.05, 3.63) is 0 Å². The van der Waals surface area contributed by atoms with Gasteiger partial charge < -0.3 is 9.90 Å². The molecular formula is C11H14NO4-. The zero-order chi connectivity index (χ0) is 11.9. The summed E-state index contributed by atoms with van der Waals surface area (Å²) in [4.78, 5) is 35.4. The van der Waals surface area contributed by atoms with Gasteiger partial charge in [-0.2, -0.15) is 0 Å². The fourth-order valence-electron chi connectivity index (χ4n) is 2.68. The third kappa shape index (κ3) is 1.50. The van der Waals surface area contributed by atoms with Gasteiger partial charge in [0.1, 0.15) is 0 Å². The first-order valence-corrected chi connectivity index (χ1v) is 5.62. The Hall–Kier alpha value is -1.39. The van der Waals surface area contributed by atoms with E-state index in [0.717, 1.165) is 17.7 Å². The van der Waals surface area contributed by atoms with Gasteiger partial charge in [-0.3, -0.25) is 14.5 Å². The number of aliphatic carboxylic acids is 1. The Morgan fingerprint density at radius 2 is 1.69 bits per heavy atom. The second-order valence-corrected chi connectivity index (χ2v) is 4.54. The summed E-state index contributed by atoms with van der Waals surface area (Å²) >= 11 is 0. The van der Waals surface area contributed by atoms with E-state index < -0.39 is 12.0 Å². The Kier molecular flexibility index (Phi) is 2.69. The predicted molar refractivity (Wildman–Crippen MR) is 51.8 cm³/mol. The molecule has 0 aromatic heterocycles. The zero-order valence-electron chi connectivity index (χ0n) is 9.14. The lowest BCUT2D eigenvalue weighted by atomic mass is 9.81. The lowest BCUT2D eigenvalue weighted by Crippen LogP contribution is -2.49. The first-order chi connectivity index (χ1) is 7.54. The minimum atomic E-state index is -1.37. The maximum Gasteiger partial charge on any atom is 0.233 e. The van der Waals surface area contributed by atoms with Crippen molar-refractivity contribution in [3.63, 3.8) is 0 Å². The molecule has 0 aromatic rings. The van der Waals surface area contributed by atoms with Crippen LogP contribution in [0.5, 0.6) is 0 Å². The van der Waals surface area contributed by atoms with Gasteiger partial charge in [0, 0.05) is 0 Å². The van der Waals surface area contributed by atoms with E-state index in [1.165, 1.54) is 6.92 Å². The number of carbonyl (C=O) groups excluding carboxylic acids is 3. The molecule has 2 amide bonds. The molecule has 5 heteroatoms. The summed E-state index contributed by atoms with van der Waals surface area (Å²) in [6, 6.07) is -1.15. The highest BCUT2D eigenvalue weighted by Crippen LogP contribution is 2.38. The highest BCUT2D eigenvalue weighted by atomic mass is 16.4. The highest BCUT2D eigenvalue weighted by molar-refractivity contribution is 6.07. The minimum Gasteiger partial charge on any atom is -0.548 e. The third-order valence-corrected chi connectivity index (χ3v) is 3.60. The number of fused-ring (bicyclic) bond motifs is 1. The van der Waals surface area contributed by atoms with Crippen LogP contribution in [0.4, 0.5) is 0 Å². The maximum absolute atomic E-state index is 11.9. The SMILES string of the molecule is C[C@@H](C(=O)[O-])N1C(=O)[C@H]2CCCC[C@H]2C1=O. The van der Waals surface area contributed by atoms with E-state index in [2.05, 4.69) is 0 Å². The summed E-state index contributed by atoms with van der Waals surface area (Å²) in [6.45, 7) is 1.32. The van der Waals surface area contributed by atoms with Crippen LogP contribution in [-0.2, 0) is 14.4 Å². The molecule has 1 saturated carbocycles. The van der Waals surface area contributed by atoms with Crippen LogP contribution in [-0.4, -0.2) is 28.7 Å². The van der Waals surface area contributed by atoms with Crippen LogP contribution in [0.15, 0.2) is 0 Å². The molecule has 16 heavy (non-hydrogen) atoms. The number of nitrogens with zero attached hydrogens (tertiary/aromatic N) is 1. The molecular weight excluding hydrogens is 210 g/mol. The van der Waals surface area contributed by atoms with Crippen LogP contribution in [0, 0.1) is 11.8 Å². The summed E-state index contributed by atoms with van der Waals surface area (Å²) in [5.41, 5.74) is 0. The molecule has 88 valence electrons. The number of imide groups is 1. The first kappa shape index (κ1) is 11.1. The van der Waals surface area contributed by atoms with E-state index in [0.29, 0.717) is 12.8 Å². The second-order valence-electron chi connectivity index (χ2n) is 4.54. The van der Waals surface area contributed by atoms with Crippen LogP contribution in [0.25, 0.3) is 0 Å². The molecule has 2 aliphatic rings.